The Bertz CT molecular complexity index is 228. The van der Waals surface area contributed by atoms with Crippen molar-refractivity contribution >= 4 is 12.2 Å². The minimum atomic E-state index is -0.671. The predicted molar refractivity (Wildman–Crippen MR) is 47.5 cm³/mol. The summed E-state index contributed by atoms with van der Waals surface area (Å²) in [6.45, 7) is 3.02. The highest BCUT2D eigenvalue weighted by molar-refractivity contribution is 6.22. The number of carbonyl (C=O) groups excluding carboxylic acids is 1. The molecule has 0 aromatic heterocycles. The molecule has 0 aromatic rings. The zero-order valence-electron chi connectivity index (χ0n) is 8.00. The fourth-order valence-corrected chi connectivity index (χ4v) is 0.600. The van der Waals surface area contributed by atoms with Crippen molar-refractivity contribution in [3.63, 3.8) is 0 Å². The minimum Gasteiger partial charge on any atom is -0.462 e. The minimum absolute atomic E-state index is 0.245. The zero-order chi connectivity index (χ0) is 11.0. The molecule has 0 N–H and O–H groups in total. The van der Waals surface area contributed by atoms with E-state index < -0.39 is 17.0 Å². The first kappa shape index (κ1) is 12.3. The summed E-state index contributed by atoms with van der Waals surface area (Å²) in [4.78, 5) is 24.7. The van der Waals surface area contributed by atoms with E-state index >= 15 is 0 Å². The van der Waals surface area contributed by atoms with Gasteiger partial charge in [0, 0.05) is 4.92 Å². The molecular formula is C7H12N2O5. The lowest BCUT2D eigenvalue weighted by Crippen LogP contribution is -2.18. The molecule has 14 heavy (non-hydrogen) atoms. The molecule has 80 valence electrons. The van der Waals surface area contributed by atoms with Gasteiger partial charge in [-0.25, -0.2) is 4.79 Å². The number of ether oxygens (including phenoxy) is 1. The summed E-state index contributed by atoms with van der Waals surface area (Å²) in [7, 11) is 0. The second kappa shape index (κ2) is 6.81. The maximum absolute atomic E-state index is 10.7. The van der Waals surface area contributed by atoms with Crippen molar-refractivity contribution in [2.75, 3.05) is 13.2 Å². The number of nitrogens with zero attached hydrogens (tertiary/aromatic N) is 2. The van der Waals surface area contributed by atoms with Gasteiger partial charge in [0.1, 0.15) is 0 Å². The monoisotopic (exact) mass is 204 g/mol. The zero-order valence-corrected chi connectivity index (χ0v) is 8.00. The van der Waals surface area contributed by atoms with Crippen molar-refractivity contribution in [1.29, 1.82) is 0 Å². The fraction of sp³-hybridized carbons (Fsp3) is 0.714. The van der Waals surface area contributed by atoms with Crippen LogP contribution in [-0.2, 0) is 14.4 Å². The van der Waals surface area contributed by atoms with E-state index in [0.29, 0.717) is 0 Å². The van der Waals surface area contributed by atoms with Crippen LogP contribution in [0.15, 0.2) is 5.16 Å². The van der Waals surface area contributed by atoms with Crippen LogP contribution >= 0.6 is 0 Å². The predicted octanol–water partition coefficient (Wildman–Crippen LogP) is 0.217. The summed E-state index contributed by atoms with van der Waals surface area (Å²) in [5.74, 6) is -0.638. The van der Waals surface area contributed by atoms with Crippen LogP contribution in [0, 0.1) is 10.1 Å². The maximum atomic E-state index is 10.7. The molecule has 0 rings (SSSR count). The van der Waals surface area contributed by atoms with Crippen LogP contribution < -0.4 is 0 Å². The molecular weight excluding hydrogens is 192 g/mol. The average molecular weight is 204 g/mol. The molecule has 7 nitrogen and oxygen atoms in total. The van der Waals surface area contributed by atoms with E-state index in [1.807, 2.05) is 0 Å². The lowest BCUT2D eigenvalue weighted by Gasteiger charge is -2.02. The summed E-state index contributed by atoms with van der Waals surface area (Å²) in [5.41, 5.74) is 0. The summed E-state index contributed by atoms with van der Waals surface area (Å²) < 4.78 is 4.50. The molecule has 0 amide bonds. The van der Waals surface area contributed by atoms with Crippen LogP contribution in [0.4, 0.5) is 0 Å². The molecule has 0 bridgehead atoms. The first-order chi connectivity index (χ1) is 6.56. The number of hydrogen-bond acceptors (Lipinski definition) is 6. The smallest absolute Gasteiger partial charge is 0.352 e. The molecule has 0 saturated carbocycles. The number of rotatable bonds is 6. The van der Waals surface area contributed by atoms with Crippen LogP contribution in [0.5, 0.6) is 0 Å². The Morgan fingerprint density at radius 2 is 2.36 bits per heavy atom. The topological polar surface area (TPSA) is 91.0 Å². The Hall–Kier alpha value is -1.66. The molecule has 0 aromatic carbocycles. The van der Waals surface area contributed by atoms with Gasteiger partial charge in [0.15, 0.2) is 12.3 Å². The van der Waals surface area contributed by atoms with Crippen LogP contribution in [0.1, 0.15) is 13.8 Å². The third-order valence-electron chi connectivity index (χ3n) is 1.09. The first-order valence-corrected chi connectivity index (χ1v) is 4.04. The second-order valence-electron chi connectivity index (χ2n) is 2.42. The molecule has 7 heteroatoms. The van der Waals surface area contributed by atoms with E-state index in [4.69, 9.17) is 0 Å². The quantitative estimate of drug-likeness (QED) is 0.267. The lowest BCUT2D eigenvalue weighted by molar-refractivity contribution is -0.490. The third-order valence-corrected chi connectivity index (χ3v) is 1.09. The van der Waals surface area contributed by atoms with Gasteiger partial charge >= 0.3 is 5.97 Å². The number of nitro groups is 1. The normalized spacial score (nSPS) is 12.4. The highest BCUT2D eigenvalue weighted by Crippen LogP contribution is 1.90. The van der Waals surface area contributed by atoms with Gasteiger partial charge in [0.05, 0.1) is 6.61 Å². The number of carbonyl (C=O) groups is 1. The number of oxime groups is 1. The van der Waals surface area contributed by atoms with E-state index in [1.165, 1.54) is 6.92 Å². The van der Waals surface area contributed by atoms with E-state index in [9.17, 15) is 14.9 Å². The standard InChI is InChI=1S/C7H12N2O5/c1-3-13-7(10)4-8-14-6(2)5-9(11)12/h4,6H,3,5H2,1-2H3/b8-4+. The van der Waals surface area contributed by atoms with Crippen LogP contribution in [0.25, 0.3) is 0 Å². The Labute approximate surface area is 80.8 Å². The molecule has 0 aliphatic heterocycles. The Morgan fingerprint density at radius 1 is 1.71 bits per heavy atom. The Balaban J connectivity index is 3.70. The molecule has 1 atom stereocenters. The summed E-state index contributed by atoms with van der Waals surface area (Å²) in [5, 5.41) is 13.2. The van der Waals surface area contributed by atoms with Crippen molar-refractivity contribution < 1.29 is 19.3 Å². The van der Waals surface area contributed by atoms with Gasteiger partial charge in [-0.3, -0.25) is 10.1 Å². The van der Waals surface area contributed by atoms with E-state index in [2.05, 4.69) is 14.7 Å². The van der Waals surface area contributed by atoms with Gasteiger partial charge in [-0.1, -0.05) is 5.16 Å². The van der Waals surface area contributed by atoms with E-state index in [0.717, 1.165) is 6.21 Å². The average Bonchev–Trinajstić information content (AvgIpc) is 2.02. The number of esters is 1. The van der Waals surface area contributed by atoms with E-state index in [1.54, 1.807) is 6.92 Å². The van der Waals surface area contributed by atoms with Crippen molar-refractivity contribution in [1.82, 2.24) is 0 Å². The fourth-order valence-electron chi connectivity index (χ4n) is 0.600. The van der Waals surface area contributed by atoms with Crippen LogP contribution in [0.2, 0.25) is 0 Å². The van der Waals surface area contributed by atoms with Gasteiger partial charge in [-0.2, -0.15) is 0 Å². The van der Waals surface area contributed by atoms with E-state index in [-0.39, 0.29) is 13.2 Å². The summed E-state index contributed by atoms with van der Waals surface area (Å²) in [6, 6.07) is 0. The highest BCUT2D eigenvalue weighted by Gasteiger charge is 2.09. The molecule has 0 fully saturated rings. The van der Waals surface area contributed by atoms with Gasteiger partial charge in [-0.15, -0.1) is 0 Å². The number of hydrogen-bond donors (Lipinski definition) is 0. The van der Waals surface area contributed by atoms with Crippen molar-refractivity contribution in [2.24, 2.45) is 5.16 Å². The van der Waals surface area contributed by atoms with Crippen LogP contribution in [0.3, 0.4) is 0 Å². The highest BCUT2D eigenvalue weighted by atomic mass is 16.7. The van der Waals surface area contributed by atoms with Gasteiger partial charge in [0.2, 0.25) is 6.54 Å². The SMILES string of the molecule is CCOC(=O)/C=N/OC(C)C[N+](=O)[O-]. The molecule has 0 heterocycles. The maximum Gasteiger partial charge on any atom is 0.352 e. The molecule has 0 spiro atoms. The van der Waals surface area contributed by atoms with Gasteiger partial charge < -0.3 is 9.57 Å². The molecule has 0 aliphatic carbocycles. The molecule has 0 radical (unpaired) electrons. The van der Waals surface area contributed by atoms with Gasteiger partial charge in [-0.05, 0) is 13.8 Å². The van der Waals surface area contributed by atoms with Crippen molar-refractivity contribution in [3.05, 3.63) is 10.1 Å². The third kappa shape index (κ3) is 7.01. The Kier molecular flexibility index (Phi) is 6.01. The molecule has 0 saturated heterocycles. The van der Waals surface area contributed by atoms with Crippen molar-refractivity contribution in [3.8, 4) is 0 Å². The van der Waals surface area contributed by atoms with Gasteiger partial charge in [0.25, 0.3) is 0 Å². The Morgan fingerprint density at radius 3 is 2.86 bits per heavy atom. The molecule has 0 aliphatic rings. The lowest BCUT2D eigenvalue weighted by atomic mass is 10.4. The molecule has 1 unspecified atom stereocenters. The second-order valence-corrected chi connectivity index (χ2v) is 2.42. The van der Waals surface area contributed by atoms with Crippen molar-refractivity contribution in [2.45, 2.75) is 20.0 Å². The first-order valence-electron chi connectivity index (χ1n) is 4.04. The van der Waals surface area contributed by atoms with Crippen LogP contribution in [-0.4, -0.2) is 36.4 Å². The summed E-state index contributed by atoms with van der Waals surface area (Å²) in [6.07, 6.45) is 0.163. The largest absolute Gasteiger partial charge is 0.462 e. The summed E-state index contributed by atoms with van der Waals surface area (Å²) >= 11 is 0.